The van der Waals surface area contributed by atoms with Crippen molar-refractivity contribution in [2.75, 3.05) is 13.7 Å². The number of ether oxygens (including phenoxy) is 1. The normalized spacial score (nSPS) is 11.0. The molecule has 36 heavy (non-hydrogen) atoms. The number of hydrogen-bond donors (Lipinski definition) is 2. The maximum absolute atomic E-state index is 13.2. The molecule has 0 spiro atoms. The van der Waals surface area contributed by atoms with Crippen molar-refractivity contribution in [2.45, 2.75) is 19.4 Å². The van der Waals surface area contributed by atoms with E-state index in [-0.39, 0.29) is 12.1 Å². The van der Waals surface area contributed by atoms with Crippen molar-refractivity contribution >= 4 is 51.6 Å². The van der Waals surface area contributed by atoms with Crippen molar-refractivity contribution in [3.63, 3.8) is 0 Å². The zero-order chi connectivity index (χ0) is 25.8. The van der Waals surface area contributed by atoms with Gasteiger partial charge in [0.05, 0.1) is 34.8 Å². The average molecular weight is 546 g/mol. The molecule has 0 radical (unpaired) electrons. The van der Waals surface area contributed by atoms with Crippen molar-refractivity contribution in [1.82, 2.24) is 9.88 Å². The molecule has 0 unspecified atom stereocenters. The van der Waals surface area contributed by atoms with Crippen LogP contribution in [0, 0.1) is 0 Å². The minimum absolute atomic E-state index is 0.0561. The minimum atomic E-state index is -0.684. The standard InChI is InChI=1S/C27H23Cl3N2O4/c1-36-23-11-9-18(28)14-17(23)15-32-22-7-3-2-6-19(22)24(25(33)27(32)35)26(34)31-12-4-5-16-8-10-20(29)21(30)13-16/h2-3,6-11,13-14,33H,4-5,12,15H2,1H3,(H,31,34). The molecule has 0 bridgehead atoms. The van der Waals surface area contributed by atoms with Crippen LogP contribution in [0.3, 0.4) is 0 Å². The number of nitrogens with zero attached hydrogens (tertiary/aromatic N) is 1. The van der Waals surface area contributed by atoms with E-state index >= 15 is 0 Å². The molecule has 0 saturated heterocycles. The fourth-order valence-corrected chi connectivity index (χ4v) is 4.61. The number of nitrogens with one attached hydrogen (secondary N) is 1. The molecule has 4 rings (SSSR count). The third-order valence-electron chi connectivity index (χ3n) is 5.86. The lowest BCUT2D eigenvalue weighted by atomic mass is 10.1. The predicted octanol–water partition coefficient (Wildman–Crippen LogP) is 6.09. The first-order valence-corrected chi connectivity index (χ1v) is 12.3. The summed E-state index contributed by atoms with van der Waals surface area (Å²) in [7, 11) is 1.53. The molecule has 6 nitrogen and oxygen atoms in total. The number of halogens is 3. The highest BCUT2D eigenvalue weighted by molar-refractivity contribution is 6.42. The maximum Gasteiger partial charge on any atom is 0.294 e. The summed E-state index contributed by atoms with van der Waals surface area (Å²) in [6, 6.07) is 17.5. The molecular weight excluding hydrogens is 523 g/mol. The summed E-state index contributed by atoms with van der Waals surface area (Å²) in [6.07, 6.45) is 1.31. The van der Waals surface area contributed by atoms with Crippen molar-refractivity contribution < 1.29 is 14.6 Å². The van der Waals surface area contributed by atoms with Gasteiger partial charge in [-0.3, -0.25) is 9.59 Å². The number of aryl methyl sites for hydroxylation is 1. The Balaban J connectivity index is 1.59. The van der Waals surface area contributed by atoms with Gasteiger partial charge in [0.15, 0.2) is 5.75 Å². The molecule has 0 saturated carbocycles. The van der Waals surface area contributed by atoms with E-state index in [2.05, 4.69) is 5.32 Å². The fourth-order valence-electron chi connectivity index (χ4n) is 4.10. The Morgan fingerprint density at radius 3 is 2.56 bits per heavy atom. The number of fused-ring (bicyclic) bond motifs is 1. The van der Waals surface area contributed by atoms with Crippen molar-refractivity contribution in [2.24, 2.45) is 0 Å². The first kappa shape index (κ1) is 25.9. The van der Waals surface area contributed by atoms with Gasteiger partial charge in [-0.05, 0) is 54.8 Å². The van der Waals surface area contributed by atoms with Gasteiger partial charge in [-0.15, -0.1) is 0 Å². The van der Waals surface area contributed by atoms with E-state index in [4.69, 9.17) is 39.5 Å². The molecule has 0 fully saturated rings. The molecule has 186 valence electrons. The number of methoxy groups -OCH3 is 1. The Morgan fingerprint density at radius 1 is 1.03 bits per heavy atom. The number of amides is 1. The van der Waals surface area contributed by atoms with Gasteiger partial charge in [-0.2, -0.15) is 0 Å². The predicted molar refractivity (Wildman–Crippen MR) is 144 cm³/mol. The molecule has 0 atom stereocenters. The molecular formula is C27H23Cl3N2O4. The summed E-state index contributed by atoms with van der Waals surface area (Å²) in [5, 5.41) is 15.5. The highest BCUT2D eigenvalue weighted by Gasteiger charge is 2.22. The van der Waals surface area contributed by atoms with Crippen LogP contribution >= 0.6 is 34.8 Å². The monoisotopic (exact) mass is 544 g/mol. The van der Waals surface area contributed by atoms with Crippen molar-refractivity contribution in [1.29, 1.82) is 0 Å². The Hall–Kier alpha value is -3.19. The van der Waals surface area contributed by atoms with E-state index < -0.39 is 17.2 Å². The van der Waals surface area contributed by atoms with Gasteiger partial charge in [-0.1, -0.05) is 59.1 Å². The van der Waals surface area contributed by atoms with Gasteiger partial charge in [0.25, 0.3) is 11.5 Å². The van der Waals surface area contributed by atoms with Crippen LogP contribution in [0.4, 0.5) is 0 Å². The summed E-state index contributed by atoms with van der Waals surface area (Å²) >= 11 is 18.2. The van der Waals surface area contributed by atoms with Crippen molar-refractivity contribution in [3.05, 3.63) is 103 Å². The quantitative estimate of drug-likeness (QED) is 0.263. The SMILES string of the molecule is COc1ccc(Cl)cc1Cn1c(=O)c(O)c(C(=O)NCCCc2ccc(Cl)c(Cl)c2)c2ccccc21. The first-order chi connectivity index (χ1) is 17.3. The highest BCUT2D eigenvalue weighted by Crippen LogP contribution is 2.28. The zero-order valence-electron chi connectivity index (χ0n) is 19.4. The van der Waals surface area contributed by atoms with Crippen LogP contribution in [0.2, 0.25) is 15.1 Å². The van der Waals surface area contributed by atoms with Gasteiger partial charge < -0.3 is 19.7 Å². The Bertz CT molecular complexity index is 1500. The fraction of sp³-hybridized carbons (Fsp3) is 0.185. The van der Waals surface area contributed by atoms with Crippen LogP contribution < -0.4 is 15.6 Å². The van der Waals surface area contributed by atoms with Crippen LogP contribution in [-0.4, -0.2) is 29.2 Å². The number of benzene rings is 3. The minimum Gasteiger partial charge on any atom is -0.502 e. The largest absolute Gasteiger partial charge is 0.502 e. The summed E-state index contributed by atoms with van der Waals surface area (Å²) < 4.78 is 6.80. The first-order valence-electron chi connectivity index (χ1n) is 11.2. The van der Waals surface area contributed by atoms with Crippen molar-refractivity contribution in [3.8, 4) is 11.5 Å². The molecule has 9 heteroatoms. The maximum atomic E-state index is 13.2. The van der Waals surface area contributed by atoms with E-state index in [1.807, 2.05) is 6.07 Å². The lowest BCUT2D eigenvalue weighted by molar-refractivity contribution is 0.0952. The number of aromatic nitrogens is 1. The second kappa shape index (κ2) is 11.2. The summed E-state index contributed by atoms with van der Waals surface area (Å²) in [4.78, 5) is 26.3. The molecule has 2 N–H and O–H groups in total. The molecule has 1 heterocycles. The van der Waals surface area contributed by atoms with Crippen LogP contribution in [0.1, 0.15) is 27.9 Å². The third kappa shape index (κ3) is 5.46. The number of carbonyl (C=O) groups excluding carboxylic acids is 1. The summed E-state index contributed by atoms with van der Waals surface area (Å²) in [5.74, 6) is -0.585. The average Bonchev–Trinajstić information content (AvgIpc) is 2.87. The van der Waals surface area contributed by atoms with E-state index in [0.717, 1.165) is 5.56 Å². The smallest absolute Gasteiger partial charge is 0.294 e. The number of aromatic hydroxyl groups is 1. The van der Waals surface area contributed by atoms with Crippen LogP contribution in [0.5, 0.6) is 11.5 Å². The Labute approximate surface area is 223 Å². The number of carbonyl (C=O) groups is 1. The number of rotatable bonds is 8. The molecule has 0 aliphatic heterocycles. The van der Waals surface area contributed by atoms with E-state index in [9.17, 15) is 14.7 Å². The molecule has 4 aromatic rings. The Kier molecular flexibility index (Phi) is 8.09. The highest BCUT2D eigenvalue weighted by atomic mass is 35.5. The molecule has 0 aliphatic carbocycles. The Morgan fingerprint density at radius 2 is 1.81 bits per heavy atom. The van der Waals surface area contributed by atoms with Crippen LogP contribution in [0.25, 0.3) is 10.9 Å². The second-order valence-electron chi connectivity index (χ2n) is 8.20. The molecule has 1 amide bonds. The van der Waals surface area contributed by atoms with Crippen LogP contribution in [0.15, 0.2) is 65.5 Å². The second-order valence-corrected chi connectivity index (χ2v) is 9.45. The van der Waals surface area contributed by atoms with Gasteiger partial charge in [-0.25, -0.2) is 0 Å². The van der Waals surface area contributed by atoms with Gasteiger partial charge >= 0.3 is 0 Å². The number of hydrogen-bond acceptors (Lipinski definition) is 4. The number of para-hydroxylation sites is 1. The lowest BCUT2D eigenvalue weighted by Crippen LogP contribution is -2.29. The molecule has 0 aliphatic rings. The topological polar surface area (TPSA) is 80.6 Å². The van der Waals surface area contributed by atoms with Crippen LogP contribution in [-0.2, 0) is 13.0 Å². The summed E-state index contributed by atoms with van der Waals surface area (Å²) in [5.41, 5.74) is 1.42. The number of pyridine rings is 1. The molecule has 1 aromatic heterocycles. The lowest BCUT2D eigenvalue weighted by Gasteiger charge is -2.17. The van der Waals surface area contributed by atoms with E-state index in [1.54, 1.807) is 54.6 Å². The van der Waals surface area contributed by atoms with Gasteiger partial charge in [0, 0.05) is 22.5 Å². The molecule has 3 aromatic carbocycles. The zero-order valence-corrected chi connectivity index (χ0v) is 21.6. The third-order valence-corrected chi connectivity index (χ3v) is 6.83. The summed E-state index contributed by atoms with van der Waals surface area (Å²) in [6.45, 7) is 0.442. The van der Waals surface area contributed by atoms with Gasteiger partial charge in [0.1, 0.15) is 5.75 Å². The van der Waals surface area contributed by atoms with Gasteiger partial charge in [0.2, 0.25) is 0 Å². The van der Waals surface area contributed by atoms with E-state index in [1.165, 1.54) is 11.7 Å². The van der Waals surface area contributed by atoms with E-state index in [0.29, 0.717) is 56.7 Å².